The van der Waals surface area contributed by atoms with Gasteiger partial charge in [-0.2, -0.15) is 0 Å². The van der Waals surface area contributed by atoms with Crippen LogP contribution in [0.3, 0.4) is 0 Å². The molecule has 3 rings (SSSR count). The first-order valence-electron chi connectivity index (χ1n) is 7.80. The lowest BCUT2D eigenvalue weighted by molar-refractivity contribution is -0.122. The minimum atomic E-state index is -0.0593. The van der Waals surface area contributed by atoms with Crippen LogP contribution >= 0.6 is 47.2 Å². The summed E-state index contributed by atoms with van der Waals surface area (Å²) >= 11 is 18.6. The number of benzene rings is 1. The van der Waals surface area contributed by atoms with Gasteiger partial charge in [0.25, 0.3) is 5.91 Å². The fourth-order valence-electron chi connectivity index (χ4n) is 2.37. The zero-order chi connectivity index (χ0) is 18.0. The van der Waals surface area contributed by atoms with E-state index in [1.807, 2.05) is 18.2 Å². The SMILES string of the molecule is CCCCN1C(=O)/C(=C/c2ccc(-c3ccc(Cl)c(Cl)c3)o2)SC1=S. The second kappa shape index (κ2) is 7.96. The number of thioether (sulfide) groups is 1. The quantitative estimate of drug-likeness (QED) is 0.429. The third kappa shape index (κ3) is 4.11. The van der Waals surface area contributed by atoms with Crippen molar-refractivity contribution in [1.29, 1.82) is 0 Å². The van der Waals surface area contributed by atoms with E-state index in [0.29, 0.717) is 37.3 Å². The fraction of sp³-hybridized carbons (Fsp3) is 0.222. The van der Waals surface area contributed by atoms with Gasteiger partial charge in [-0.15, -0.1) is 0 Å². The average molecular weight is 412 g/mol. The molecule has 0 atom stereocenters. The van der Waals surface area contributed by atoms with Crippen LogP contribution in [-0.2, 0) is 4.79 Å². The molecule has 1 aromatic heterocycles. The van der Waals surface area contributed by atoms with Gasteiger partial charge >= 0.3 is 0 Å². The van der Waals surface area contributed by atoms with Crippen molar-refractivity contribution in [2.24, 2.45) is 0 Å². The molecule has 0 unspecified atom stereocenters. The van der Waals surface area contributed by atoms with Crippen LogP contribution in [0.1, 0.15) is 25.5 Å². The highest BCUT2D eigenvalue weighted by Crippen LogP contribution is 2.34. The predicted molar refractivity (Wildman–Crippen MR) is 109 cm³/mol. The first-order chi connectivity index (χ1) is 12.0. The minimum Gasteiger partial charge on any atom is -0.457 e. The summed E-state index contributed by atoms with van der Waals surface area (Å²) in [5.74, 6) is 1.19. The van der Waals surface area contributed by atoms with Gasteiger partial charge in [0, 0.05) is 18.2 Å². The molecule has 2 heterocycles. The van der Waals surface area contributed by atoms with E-state index in [9.17, 15) is 4.79 Å². The lowest BCUT2D eigenvalue weighted by atomic mass is 10.2. The number of nitrogens with zero attached hydrogens (tertiary/aromatic N) is 1. The normalized spacial score (nSPS) is 16.3. The number of furan rings is 1. The molecule has 25 heavy (non-hydrogen) atoms. The van der Waals surface area contributed by atoms with Crippen molar-refractivity contribution >= 4 is 63.5 Å². The maximum atomic E-state index is 12.5. The van der Waals surface area contributed by atoms with Gasteiger partial charge in [-0.05, 0) is 36.8 Å². The minimum absolute atomic E-state index is 0.0593. The Balaban J connectivity index is 1.81. The van der Waals surface area contributed by atoms with Crippen LogP contribution in [-0.4, -0.2) is 21.7 Å². The first-order valence-corrected chi connectivity index (χ1v) is 9.78. The van der Waals surface area contributed by atoms with E-state index in [1.54, 1.807) is 23.1 Å². The molecule has 1 aliphatic heterocycles. The Morgan fingerprint density at radius 3 is 2.76 bits per heavy atom. The molecule has 1 aliphatic rings. The molecule has 0 radical (unpaired) electrons. The van der Waals surface area contributed by atoms with Crippen LogP contribution < -0.4 is 0 Å². The molecule has 1 aromatic carbocycles. The summed E-state index contributed by atoms with van der Waals surface area (Å²) in [5, 5.41) is 0.960. The van der Waals surface area contributed by atoms with E-state index < -0.39 is 0 Å². The maximum Gasteiger partial charge on any atom is 0.266 e. The number of unbranched alkanes of at least 4 members (excludes halogenated alkanes) is 1. The Hall–Kier alpha value is -1.27. The number of carbonyl (C=O) groups excluding carboxylic acids is 1. The van der Waals surface area contributed by atoms with E-state index in [1.165, 1.54) is 11.8 Å². The number of thiocarbonyl (C=S) groups is 1. The van der Waals surface area contributed by atoms with E-state index >= 15 is 0 Å². The van der Waals surface area contributed by atoms with E-state index in [4.69, 9.17) is 39.8 Å². The van der Waals surface area contributed by atoms with Gasteiger partial charge in [-0.25, -0.2) is 0 Å². The molecular formula is C18H15Cl2NO2S2. The smallest absolute Gasteiger partial charge is 0.266 e. The Morgan fingerprint density at radius 1 is 1.24 bits per heavy atom. The molecule has 0 saturated carbocycles. The number of halogens is 2. The van der Waals surface area contributed by atoms with Gasteiger partial charge in [-0.1, -0.05) is 60.5 Å². The monoisotopic (exact) mass is 411 g/mol. The molecule has 0 bridgehead atoms. The second-order valence-electron chi connectivity index (χ2n) is 5.52. The standard InChI is InChI=1S/C18H15Cl2NO2S2/c1-2-3-8-21-17(22)16(25-18(21)24)10-12-5-7-15(23-12)11-4-6-13(19)14(20)9-11/h4-7,9-10H,2-3,8H2,1H3/b16-10-. The van der Waals surface area contributed by atoms with Crippen molar-refractivity contribution < 1.29 is 9.21 Å². The Kier molecular flexibility index (Phi) is 5.89. The highest BCUT2D eigenvalue weighted by molar-refractivity contribution is 8.26. The lowest BCUT2D eigenvalue weighted by Gasteiger charge is -2.12. The van der Waals surface area contributed by atoms with Crippen molar-refractivity contribution in [2.45, 2.75) is 19.8 Å². The van der Waals surface area contributed by atoms with Crippen LogP contribution in [0.4, 0.5) is 0 Å². The topological polar surface area (TPSA) is 33.5 Å². The van der Waals surface area contributed by atoms with Crippen LogP contribution in [0.25, 0.3) is 17.4 Å². The largest absolute Gasteiger partial charge is 0.457 e. The average Bonchev–Trinajstić information content (AvgIpc) is 3.15. The van der Waals surface area contributed by atoms with E-state index in [2.05, 4.69) is 6.92 Å². The highest BCUT2D eigenvalue weighted by atomic mass is 35.5. The molecule has 130 valence electrons. The first kappa shape index (κ1) is 18.5. The number of amides is 1. The summed E-state index contributed by atoms with van der Waals surface area (Å²) in [7, 11) is 0. The summed E-state index contributed by atoms with van der Waals surface area (Å²) in [5.41, 5.74) is 0.824. The van der Waals surface area contributed by atoms with Crippen molar-refractivity contribution in [3.63, 3.8) is 0 Å². The molecule has 0 aliphatic carbocycles. The number of rotatable bonds is 5. The van der Waals surface area contributed by atoms with Gasteiger partial charge in [0.15, 0.2) is 0 Å². The van der Waals surface area contributed by atoms with E-state index in [-0.39, 0.29) is 5.91 Å². The molecule has 7 heteroatoms. The Morgan fingerprint density at radius 2 is 2.04 bits per heavy atom. The predicted octanol–water partition coefficient (Wildman–Crippen LogP) is 6.25. The second-order valence-corrected chi connectivity index (χ2v) is 8.01. The molecule has 3 nitrogen and oxygen atoms in total. The Labute approximate surface area is 166 Å². The molecule has 0 N–H and O–H groups in total. The molecular weight excluding hydrogens is 397 g/mol. The van der Waals surface area contributed by atoms with Crippen LogP contribution in [0.2, 0.25) is 10.0 Å². The van der Waals surface area contributed by atoms with Crippen molar-refractivity contribution in [1.82, 2.24) is 4.90 Å². The zero-order valence-corrected chi connectivity index (χ0v) is 16.6. The van der Waals surface area contributed by atoms with Gasteiger partial charge in [0.2, 0.25) is 0 Å². The van der Waals surface area contributed by atoms with Crippen LogP contribution in [0.15, 0.2) is 39.7 Å². The van der Waals surface area contributed by atoms with Crippen LogP contribution in [0.5, 0.6) is 0 Å². The van der Waals surface area contributed by atoms with Gasteiger partial charge in [0.1, 0.15) is 15.8 Å². The van der Waals surface area contributed by atoms with Crippen molar-refractivity contribution in [2.75, 3.05) is 6.54 Å². The molecule has 1 amide bonds. The third-order valence-electron chi connectivity index (χ3n) is 3.71. The zero-order valence-electron chi connectivity index (χ0n) is 13.4. The highest BCUT2D eigenvalue weighted by Gasteiger charge is 2.31. The number of hydrogen-bond donors (Lipinski definition) is 0. The Bertz CT molecular complexity index is 861. The van der Waals surface area contributed by atoms with Crippen molar-refractivity contribution in [3.05, 3.63) is 51.0 Å². The number of carbonyl (C=O) groups is 1. The lowest BCUT2D eigenvalue weighted by Crippen LogP contribution is -2.28. The third-order valence-corrected chi connectivity index (χ3v) is 5.83. The summed E-state index contributed by atoms with van der Waals surface area (Å²) in [4.78, 5) is 14.7. The molecule has 1 saturated heterocycles. The summed E-state index contributed by atoms with van der Waals surface area (Å²) < 4.78 is 6.42. The van der Waals surface area contributed by atoms with Gasteiger partial charge in [-0.3, -0.25) is 9.69 Å². The summed E-state index contributed by atoms with van der Waals surface area (Å²) in [6.45, 7) is 2.74. The van der Waals surface area contributed by atoms with Crippen molar-refractivity contribution in [3.8, 4) is 11.3 Å². The molecule has 2 aromatic rings. The molecule has 1 fully saturated rings. The fourth-order valence-corrected chi connectivity index (χ4v) is 3.96. The summed E-state index contributed by atoms with van der Waals surface area (Å²) in [6, 6.07) is 8.96. The maximum absolute atomic E-state index is 12.5. The van der Waals surface area contributed by atoms with Crippen LogP contribution in [0, 0.1) is 0 Å². The molecule has 0 spiro atoms. The van der Waals surface area contributed by atoms with Gasteiger partial charge < -0.3 is 4.42 Å². The van der Waals surface area contributed by atoms with Gasteiger partial charge in [0.05, 0.1) is 15.0 Å². The summed E-state index contributed by atoms with van der Waals surface area (Å²) in [6.07, 6.45) is 3.68. The van der Waals surface area contributed by atoms with E-state index in [0.717, 1.165) is 18.4 Å². The number of hydrogen-bond acceptors (Lipinski definition) is 4.